The molecule has 9 nitrogen and oxygen atoms in total. The molecule has 0 aromatic carbocycles. The van der Waals surface area contributed by atoms with Crippen LogP contribution in [0.4, 0.5) is 0 Å². The number of aryl methyl sites for hydroxylation is 1. The largest absolute Gasteiger partial charge is 0.465 e. The van der Waals surface area contributed by atoms with Gasteiger partial charge in [-0.25, -0.2) is 13.2 Å². The van der Waals surface area contributed by atoms with E-state index < -0.39 is 39.9 Å². The lowest BCUT2D eigenvalue weighted by atomic mass is 10.1. The van der Waals surface area contributed by atoms with E-state index in [2.05, 4.69) is 4.98 Å². The van der Waals surface area contributed by atoms with Gasteiger partial charge in [-0.2, -0.15) is 4.31 Å². The highest BCUT2D eigenvalue weighted by molar-refractivity contribution is 7.88. The number of nitrogens with zero attached hydrogens (tertiary/aromatic N) is 1. The monoisotopic (exact) mass is 400 g/mol. The number of ether oxygens (including phenoxy) is 2. The minimum absolute atomic E-state index is 0.152. The number of hydrogen-bond acceptors (Lipinski definition) is 7. The van der Waals surface area contributed by atoms with E-state index in [4.69, 9.17) is 9.47 Å². The van der Waals surface area contributed by atoms with E-state index in [0.29, 0.717) is 24.1 Å². The van der Waals surface area contributed by atoms with E-state index in [9.17, 15) is 22.8 Å². The molecule has 1 saturated heterocycles. The lowest BCUT2D eigenvalue weighted by molar-refractivity contribution is -0.150. The Morgan fingerprint density at radius 3 is 2.44 bits per heavy atom. The zero-order valence-corrected chi connectivity index (χ0v) is 16.8. The minimum Gasteiger partial charge on any atom is -0.465 e. The summed E-state index contributed by atoms with van der Waals surface area (Å²) in [5.41, 5.74) is 1.30. The first-order chi connectivity index (χ1) is 12.5. The highest BCUT2D eigenvalue weighted by Crippen LogP contribution is 2.24. The molecule has 1 fully saturated rings. The van der Waals surface area contributed by atoms with Gasteiger partial charge in [-0.15, -0.1) is 0 Å². The molecule has 0 radical (unpaired) electrons. The number of carbonyl (C=O) groups excluding carboxylic acids is 3. The summed E-state index contributed by atoms with van der Waals surface area (Å²) in [6.45, 7) is 4.89. The fraction of sp³-hybridized carbons (Fsp3) is 0.588. The van der Waals surface area contributed by atoms with Crippen LogP contribution in [-0.4, -0.2) is 67.5 Å². The quantitative estimate of drug-likeness (QED) is 0.557. The van der Waals surface area contributed by atoms with Crippen molar-refractivity contribution < 1.29 is 32.3 Å². The number of rotatable bonds is 6. The van der Waals surface area contributed by atoms with Crippen molar-refractivity contribution in [1.82, 2.24) is 9.29 Å². The fourth-order valence-corrected chi connectivity index (χ4v) is 4.40. The second-order valence-corrected chi connectivity index (χ2v) is 8.53. The van der Waals surface area contributed by atoms with Crippen LogP contribution in [0.1, 0.15) is 51.9 Å². The molecule has 1 aromatic rings. The maximum atomic E-state index is 12.7. The van der Waals surface area contributed by atoms with Gasteiger partial charge in [0.2, 0.25) is 15.8 Å². The summed E-state index contributed by atoms with van der Waals surface area (Å²) < 4.78 is 34.6. The van der Waals surface area contributed by atoms with Crippen molar-refractivity contribution >= 4 is 27.7 Å². The summed E-state index contributed by atoms with van der Waals surface area (Å²) in [5.74, 6) is -1.84. The molecule has 10 heteroatoms. The van der Waals surface area contributed by atoms with Crippen LogP contribution in [0.3, 0.4) is 0 Å². The molecule has 1 aliphatic heterocycles. The standard InChI is InChI=1S/C17H24N2O7S/c1-9-13(17(22)25-4)10(2)18-14(9)15(20)11(3)26-16(21)12-7-6-8-19(12)27(5,23)24/h11-12,18H,6-8H2,1-5H3/t11-,12-/m0/s1. The summed E-state index contributed by atoms with van der Waals surface area (Å²) in [6.07, 6.45) is 0.792. The van der Waals surface area contributed by atoms with E-state index >= 15 is 0 Å². The number of carbonyl (C=O) groups is 3. The Labute approximate surface area is 158 Å². The van der Waals surface area contributed by atoms with Crippen LogP contribution in [0.2, 0.25) is 0 Å². The van der Waals surface area contributed by atoms with Gasteiger partial charge in [-0.05, 0) is 39.2 Å². The Balaban J connectivity index is 2.17. The van der Waals surface area contributed by atoms with E-state index in [0.717, 1.165) is 10.6 Å². The number of nitrogens with one attached hydrogen (secondary N) is 1. The van der Waals surface area contributed by atoms with Crippen LogP contribution in [-0.2, 0) is 24.3 Å². The SMILES string of the molecule is COC(=O)c1c(C)[nH]c(C(=O)[C@H](C)OC(=O)[C@@H]2CCCN2S(C)(=O)=O)c1C. The van der Waals surface area contributed by atoms with Gasteiger partial charge in [0.05, 0.1) is 24.6 Å². The lowest BCUT2D eigenvalue weighted by Gasteiger charge is -2.22. The molecule has 0 spiro atoms. The van der Waals surface area contributed by atoms with E-state index in [1.807, 2.05) is 0 Å². The molecule has 0 bridgehead atoms. The van der Waals surface area contributed by atoms with Gasteiger partial charge in [0.1, 0.15) is 6.04 Å². The molecule has 0 amide bonds. The summed E-state index contributed by atoms with van der Waals surface area (Å²) in [5, 5.41) is 0. The van der Waals surface area contributed by atoms with Gasteiger partial charge in [-0.3, -0.25) is 9.59 Å². The van der Waals surface area contributed by atoms with Crippen LogP contribution in [0.5, 0.6) is 0 Å². The van der Waals surface area contributed by atoms with Crippen LogP contribution in [0.15, 0.2) is 0 Å². The zero-order valence-electron chi connectivity index (χ0n) is 16.0. The number of Topliss-reactive ketones (excluding diaryl/α,β-unsaturated/α-hetero) is 1. The fourth-order valence-electron chi connectivity index (χ4n) is 3.29. The van der Waals surface area contributed by atoms with Crippen molar-refractivity contribution in [3.05, 3.63) is 22.5 Å². The van der Waals surface area contributed by atoms with Crippen molar-refractivity contribution in [2.75, 3.05) is 19.9 Å². The van der Waals surface area contributed by atoms with Crippen molar-refractivity contribution in [1.29, 1.82) is 0 Å². The second-order valence-electron chi connectivity index (χ2n) is 6.59. The maximum absolute atomic E-state index is 12.7. The van der Waals surface area contributed by atoms with Crippen molar-refractivity contribution in [3.8, 4) is 0 Å². The minimum atomic E-state index is -3.54. The van der Waals surface area contributed by atoms with Crippen LogP contribution in [0, 0.1) is 13.8 Å². The van der Waals surface area contributed by atoms with Crippen LogP contribution in [0.25, 0.3) is 0 Å². The number of H-pyrrole nitrogens is 1. The predicted octanol–water partition coefficient (Wildman–Crippen LogP) is 0.957. The van der Waals surface area contributed by atoms with Gasteiger partial charge in [-0.1, -0.05) is 0 Å². The summed E-state index contributed by atoms with van der Waals surface area (Å²) >= 11 is 0. The van der Waals surface area contributed by atoms with Crippen molar-refractivity contribution in [2.24, 2.45) is 0 Å². The topological polar surface area (TPSA) is 123 Å². The lowest BCUT2D eigenvalue weighted by Crippen LogP contribution is -2.42. The van der Waals surface area contributed by atoms with Crippen molar-refractivity contribution in [2.45, 2.75) is 45.8 Å². The van der Waals surface area contributed by atoms with E-state index in [1.54, 1.807) is 13.8 Å². The number of methoxy groups -OCH3 is 1. The molecular formula is C17H24N2O7S. The normalized spacial score (nSPS) is 18.9. The number of ketones is 1. The molecular weight excluding hydrogens is 376 g/mol. The number of aromatic nitrogens is 1. The van der Waals surface area contributed by atoms with Gasteiger partial charge < -0.3 is 14.5 Å². The Bertz CT molecular complexity index is 872. The van der Waals surface area contributed by atoms with Gasteiger partial charge in [0.25, 0.3) is 0 Å². The third kappa shape index (κ3) is 4.22. The average molecular weight is 400 g/mol. The second kappa shape index (κ2) is 7.81. The molecule has 1 N–H and O–H groups in total. The summed E-state index contributed by atoms with van der Waals surface area (Å²) in [7, 11) is -2.29. The Morgan fingerprint density at radius 2 is 1.89 bits per heavy atom. The Kier molecular flexibility index (Phi) is 6.10. The summed E-state index contributed by atoms with van der Waals surface area (Å²) in [6, 6.07) is -0.924. The molecule has 0 saturated carbocycles. The van der Waals surface area contributed by atoms with Gasteiger partial charge in [0, 0.05) is 12.2 Å². The third-order valence-electron chi connectivity index (χ3n) is 4.64. The molecule has 2 heterocycles. The maximum Gasteiger partial charge on any atom is 0.339 e. The molecule has 27 heavy (non-hydrogen) atoms. The van der Waals surface area contributed by atoms with Crippen molar-refractivity contribution in [3.63, 3.8) is 0 Å². The Morgan fingerprint density at radius 1 is 1.26 bits per heavy atom. The Hall–Kier alpha value is -2.20. The average Bonchev–Trinajstić information content (AvgIpc) is 3.18. The number of aromatic amines is 1. The highest BCUT2D eigenvalue weighted by atomic mass is 32.2. The predicted molar refractivity (Wildman–Crippen MR) is 96.1 cm³/mol. The summed E-state index contributed by atoms with van der Waals surface area (Å²) in [4.78, 5) is 39.8. The molecule has 2 rings (SSSR count). The number of sulfonamides is 1. The van der Waals surface area contributed by atoms with Gasteiger partial charge in [0.15, 0.2) is 6.10 Å². The van der Waals surface area contributed by atoms with Crippen LogP contribution < -0.4 is 0 Å². The van der Waals surface area contributed by atoms with Gasteiger partial charge >= 0.3 is 11.9 Å². The highest BCUT2D eigenvalue weighted by Gasteiger charge is 2.39. The van der Waals surface area contributed by atoms with Crippen LogP contribution >= 0.6 is 0 Å². The molecule has 0 unspecified atom stereocenters. The number of hydrogen-bond donors (Lipinski definition) is 1. The number of esters is 2. The third-order valence-corrected chi connectivity index (χ3v) is 5.93. The first-order valence-corrected chi connectivity index (χ1v) is 10.3. The molecule has 1 aromatic heterocycles. The van der Waals surface area contributed by atoms with E-state index in [1.165, 1.54) is 14.0 Å². The molecule has 0 aliphatic carbocycles. The molecule has 1 aliphatic rings. The first-order valence-electron chi connectivity index (χ1n) is 8.48. The first kappa shape index (κ1) is 21.1. The smallest absolute Gasteiger partial charge is 0.339 e. The van der Waals surface area contributed by atoms with E-state index in [-0.39, 0.29) is 17.8 Å². The zero-order chi connectivity index (χ0) is 20.5. The molecule has 2 atom stereocenters. The molecule has 150 valence electrons.